The second-order valence-electron chi connectivity index (χ2n) is 7.54. The largest absolute Gasteiger partial charge is 0.495 e. The van der Waals surface area contributed by atoms with Gasteiger partial charge in [0.1, 0.15) is 17.4 Å². The van der Waals surface area contributed by atoms with Crippen LogP contribution in [0, 0.1) is 5.82 Å². The average Bonchev–Trinajstić information content (AvgIpc) is 2.87. The first-order valence-electron chi connectivity index (χ1n) is 10.7. The summed E-state index contributed by atoms with van der Waals surface area (Å²) in [4.78, 5) is 25.7. The van der Waals surface area contributed by atoms with Crippen molar-refractivity contribution in [2.45, 2.75) is 11.7 Å². The lowest BCUT2D eigenvalue weighted by atomic mass is 10.2. The van der Waals surface area contributed by atoms with Gasteiger partial charge in [-0.3, -0.25) is 4.79 Å². The topological polar surface area (TPSA) is 70.6 Å². The van der Waals surface area contributed by atoms with Crippen LogP contribution in [-0.4, -0.2) is 54.9 Å². The van der Waals surface area contributed by atoms with Gasteiger partial charge in [0.25, 0.3) is 0 Å². The normalized spacial score (nSPS) is 13.6. The van der Waals surface area contributed by atoms with Crippen LogP contribution in [-0.2, 0) is 11.3 Å². The maximum Gasteiger partial charge on any atom is 0.230 e. The number of nitrogens with one attached hydrogen (secondary N) is 1. The number of rotatable bonds is 8. The number of carbonyl (C=O) groups excluding carboxylic acids is 1. The van der Waals surface area contributed by atoms with Crippen molar-refractivity contribution in [3.05, 3.63) is 72.2 Å². The van der Waals surface area contributed by atoms with Crippen LogP contribution in [0.1, 0.15) is 5.56 Å². The number of ether oxygens (including phenoxy) is 1. The molecule has 0 atom stereocenters. The molecule has 0 radical (unpaired) electrons. The molecule has 2 aromatic carbocycles. The van der Waals surface area contributed by atoms with E-state index >= 15 is 0 Å². The summed E-state index contributed by atoms with van der Waals surface area (Å²) < 4.78 is 18.5. The van der Waals surface area contributed by atoms with Crippen molar-refractivity contribution in [2.24, 2.45) is 0 Å². The molecule has 0 bridgehead atoms. The second kappa shape index (κ2) is 11.0. The van der Waals surface area contributed by atoms with Gasteiger partial charge in [-0.25, -0.2) is 14.4 Å². The lowest BCUT2D eigenvalue weighted by Gasteiger charge is -2.37. The van der Waals surface area contributed by atoms with Crippen molar-refractivity contribution in [3.8, 4) is 5.75 Å². The zero-order valence-electron chi connectivity index (χ0n) is 18.4. The number of nitrogens with zero attached hydrogens (tertiary/aromatic N) is 4. The number of halogens is 1. The molecule has 1 aromatic heterocycles. The van der Waals surface area contributed by atoms with Crippen molar-refractivity contribution >= 4 is 29.2 Å². The average molecular weight is 468 g/mol. The molecule has 0 unspecified atom stereocenters. The summed E-state index contributed by atoms with van der Waals surface area (Å²) in [5.74, 6) is 1.54. The summed E-state index contributed by atoms with van der Waals surface area (Å²) >= 11 is 1.30. The van der Waals surface area contributed by atoms with E-state index in [0.29, 0.717) is 11.7 Å². The Balaban J connectivity index is 1.27. The monoisotopic (exact) mass is 467 g/mol. The van der Waals surface area contributed by atoms with Gasteiger partial charge in [-0.15, -0.1) is 0 Å². The summed E-state index contributed by atoms with van der Waals surface area (Å²) in [5, 5.41) is 3.40. The highest BCUT2D eigenvalue weighted by atomic mass is 32.2. The molecule has 1 aliphatic rings. The van der Waals surface area contributed by atoms with Gasteiger partial charge in [0.15, 0.2) is 5.16 Å². The molecular weight excluding hydrogens is 441 g/mol. The Morgan fingerprint density at radius 3 is 2.55 bits per heavy atom. The lowest BCUT2D eigenvalue weighted by molar-refractivity contribution is -0.118. The molecule has 0 aliphatic carbocycles. The van der Waals surface area contributed by atoms with Gasteiger partial charge in [0.05, 0.1) is 18.6 Å². The molecule has 0 spiro atoms. The molecule has 172 valence electrons. The van der Waals surface area contributed by atoms with Crippen molar-refractivity contribution in [2.75, 3.05) is 48.8 Å². The summed E-state index contributed by atoms with van der Waals surface area (Å²) in [7, 11) is 1.69. The Morgan fingerprint density at radius 1 is 1.06 bits per heavy atom. The third kappa shape index (κ3) is 6.13. The van der Waals surface area contributed by atoms with E-state index in [0.717, 1.165) is 49.0 Å². The minimum absolute atomic E-state index is 0.122. The van der Waals surface area contributed by atoms with E-state index in [9.17, 15) is 9.18 Å². The fourth-order valence-electron chi connectivity index (χ4n) is 3.63. The maximum atomic E-state index is 13.0. The molecule has 4 rings (SSSR count). The number of methoxy groups -OCH3 is 1. The van der Waals surface area contributed by atoms with Crippen LogP contribution < -0.4 is 19.9 Å². The minimum atomic E-state index is -0.293. The number of anilines is 2. The van der Waals surface area contributed by atoms with Crippen LogP contribution >= 0.6 is 11.8 Å². The van der Waals surface area contributed by atoms with Gasteiger partial charge in [-0.1, -0.05) is 36.0 Å². The van der Waals surface area contributed by atoms with Crippen LogP contribution in [0.2, 0.25) is 0 Å². The SMILES string of the molecule is COc1ccccc1N1CCN(c2ccnc(SCC(=O)NCc3ccc(F)cc3)n2)CC1. The highest BCUT2D eigenvalue weighted by Gasteiger charge is 2.21. The quantitative estimate of drug-likeness (QED) is 0.402. The first kappa shape index (κ1) is 22.8. The molecule has 1 aliphatic heterocycles. The Morgan fingerprint density at radius 2 is 1.79 bits per heavy atom. The number of amides is 1. The Kier molecular flexibility index (Phi) is 7.62. The van der Waals surface area contributed by atoms with Crippen LogP contribution in [0.25, 0.3) is 0 Å². The second-order valence-corrected chi connectivity index (χ2v) is 8.48. The zero-order valence-corrected chi connectivity index (χ0v) is 19.2. The molecule has 2 heterocycles. The van der Waals surface area contributed by atoms with Gasteiger partial charge >= 0.3 is 0 Å². The molecule has 33 heavy (non-hydrogen) atoms. The first-order chi connectivity index (χ1) is 16.1. The fourth-order valence-corrected chi connectivity index (χ4v) is 4.28. The molecule has 1 fully saturated rings. The van der Waals surface area contributed by atoms with Crippen molar-refractivity contribution in [1.29, 1.82) is 0 Å². The number of hydrogen-bond donors (Lipinski definition) is 1. The molecule has 1 saturated heterocycles. The van der Waals surface area contributed by atoms with E-state index in [2.05, 4.69) is 31.2 Å². The number of piperazine rings is 1. The Bertz CT molecular complexity index is 1070. The number of hydrogen-bond acceptors (Lipinski definition) is 7. The van der Waals surface area contributed by atoms with E-state index in [1.165, 1.54) is 23.9 Å². The molecular formula is C24H26FN5O2S. The van der Waals surface area contributed by atoms with Gasteiger partial charge in [0, 0.05) is 38.9 Å². The zero-order chi connectivity index (χ0) is 23.0. The number of thioether (sulfide) groups is 1. The minimum Gasteiger partial charge on any atom is -0.495 e. The predicted octanol–water partition coefficient (Wildman–Crippen LogP) is 3.36. The molecule has 3 aromatic rings. The van der Waals surface area contributed by atoms with Crippen molar-refractivity contribution in [3.63, 3.8) is 0 Å². The molecule has 7 nitrogen and oxygen atoms in total. The number of benzene rings is 2. The van der Waals surface area contributed by atoms with Gasteiger partial charge in [0.2, 0.25) is 5.91 Å². The van der Waals surface area contributed by atoms with E-state index in [-0.39, 0.29) is 17.5 Å². The summed E-state index contributed by atoms with van der Waals surface area (Å²) in [6.07, 6.45) is 1.73. The predicted molar refractivity (Wildman–Crippen MR) is 128 cm³/mol. The summed E-state index contributed by atoms with van der Waals surface area (Å²) in [6, 6.07) is 16.0. The third-order valence-electron chi connectivity index (χ3n) is 5.38. The smallest absolute Gasteiger partial charge is 0.230 e. The van der Waals surface area contributed by atoms with Gasteiger partial charge in [-0.05, 0) is 35.9 Å². The summed E-state index contributed by atoms with van der Waals surface area (Å²) in [5.41, 5.74) is 1.95. The van der Waals surface area contributed by atoms with Gasteiger partial charge < -0.3 is 19.9 Å². The maximum absolute atomic E-state index is 13.0. The van der Waals surface area contributed by atoms with Crippen LogP contribution in [0.4, 0.5) is 15.9 Å². The van der Waals surface area contributed by atoms with E-state index in [1.807, 2.05) is 24.3 Å². The van der Waals surface area contributed by atoms with E-state index < -0.39 is 0 Å². The third-order valence-corrected chi connectivity index (χ3v) is 6.25. The molecule has 1 N–H and O–H groups in total. The van der Waals surface area contributed by atoms with Crippen LogP contribution in [0.5, 0.6) is 5.75 Å². The van der Waals surface area contributed by atoms with Crippen molar-refractivity contribution in [1.82, 2.24) is 15.3 Å². The molecule has 1 amide bonds. The standard InChI is InChI=1S/C24H26FN5O2S/c1-32-21-5-3-2-4-20(21)29-12-14-30(15-13-29)22-10-11-26-24(28-22)33-17-23(31)27-16-18-6-8-19(25)9-7-18/h2-11H,12-17H2,1H3,(H,27,31). The highest BCUT2D eigenvalue weighted by molar-refractivity contribution is 7.99. The van der Waals surface area contributed by atoms with Crippen LogP contribution in [0.3, 0.4) is 0 Å². The number of aromatic nitrogens is 2. The Labute approximate surface area is 197 Å². The first-order valence-corrected chi connectivity index (χ1v) is 11.7. The number of para-hydroxylation sites is 2. The molecule has 0 saturated carbocycles. The fraction of sp³-hybridized carbons (Fsp3) is 0.292. The van der Waals surface area contributed by atoms with E-state index in [1.54, 1.807) is 25.4 Å². The molecule has 9 heteroatoms. The van der Waals surface area contributed by atoms with Crippen LogP contribution in [0.15, 0.2) is 66.0 Å². The lowest BCUT2D eigenvalue weighted by Crippen LogP contribution is -2.47. The number of carbonyl (C=O) groups is 1. The van der Waals surface area contributed by atoms with E-state index in [4.69, 9.17) is 4.74 Å². The summed E-state index contributed by atoms with van der Waals surface area (Å²) in [6.45, 7) is 3.74. The van der Waals surface area contributed by atoms with Gasteiger partial charge in [-0.2, -0.15) is 0 Å². The highest BCUT2D eigenvalue weighted by Crippen LogP contribution is 2.29. The Hall–Kier alpha value is -3.33. The van der Waals surface area contributed by atoms with Crippen molar-refractivity contribution < 1.29 is 13.9 Å².